The molecule has 0 fully saturated rings. The molecule has 1 aromatic carbocycles. The fraction of sp³-hybridized carbons (Fsp3) is 0.278. The van der Waals surface area contributed by atoms with Gasteiger partial charge in [0.15, 0.2) is 0 Å². The number of anilines is 2. The number of nitrogens with one attached hydrogen (secondary N) is 2. The minimum absolute atomic E-state index is 0.0441. The topological polar surface area (TPSA) is 73.6 Å². The molecule has 0 spiro atoms. The smallest absolute Gasteiger partial charge is 0.143 e. The number of benzene rings is 1. The lowest BCUT2D eigenvalue weighted by Crippen LogP contribution is -2.15. The average molecular weight is 353 g/mol. The van der Waals surface area contributed by atoms with Crippen LogP contribution in [0.4, 0.5) is 15.9 Å². The van der Waals surface area contributed by atoms with E-state index in [1.807, 2.05) is 6.07 Å². The van der Waals surface area contributed by atoms with E-state index in [-0.39, 0.29) is 5.56 Å². The van der Waals surface area contributed by atoms with Crippen molar-refractivity contribution in [3.05, 3.63) is 46.3 Å². The van der Waals surface area contributed by atoms with Crippen molar-refractivity contribution >= 4 is 33.1 Å². The Morgan fingerprint density at radius 3 is 2.96 bits per heavy atom. The number of aromatic nitrogens is 2. The van der Waals surface area contributed by atoms with Crippen LogP contribution >= 0.6 is 11.3 Å². The van der Waals surface area contributed by atoms with E-state index in [4.69, 9.17) is 5.26 Å². The van der Waals surface area contributed by atoms with Crippen molar-refractivity contribution in [2.75, 3.05) is 23.7 Å². The zero-order chi connectivity index (χ0) is 17.2. The second kappa shape index (κ2) is 6.65. The Hall–Kier alpha value is -2.72. The van der Waals surface area contributed by atoms with Crippen LogP contribution in [0.25, 0.3) is 10.2 Å². The molecule has 7 heteroatoms. The van der Waals surface area contributed by atoms with Gasteiger partial charge >= 0.3 is 0 Å². The van der Waals surface area contributed by atoms with Gasteiger partial charge < -0.3 is 10.6 Å². The lowest BCUT2D eigenvalue weighted by atomic mass is 10.2. The number of fused-ring (bicyclic) bond motifs is 3. The highest BCUT2D eigenvalue weighted by Gasteiger charge is 2.20. The molecule has 4 rings (SSSR count). The highest BCUT2D eigenvalue weighted by Crippen LogP contribution is 2.38. The molecule has 0 saturated carbocycles. The fourth-order valence-electron chi connectivity index (χ4n) is 3.23. The van der Waals surface area contributed by atoms with Gasteiger partial charge in [0.25, 0.3) is 0 Å². The number of hydrogen-bond donors (Lipinski definition) is 2. The van der Waals surface area contributed by atoms with Crippen molar-refractivity contribution in [3.63, 3.8) is 0 Å². The third-order valence-corrected chi connectivity index (χ3v) is 5.56. The summed E-state index contributed by atoms with van der Waals surface area (Å²) in [6.07, 6.45) is 5.01. The molecule has 0 amide bonds. The monoisotopic (exact) mass is 353 g/mol. The molecular formula is C18H16FN5S. The van der Waals surface area contributed by atoms with Crippen molar-refractivity contribution < 1.29 is 4.39 Å². The number of nitrogens with zero attached hydrogens (tertiary/aromatic N) is 3. The van der Waals surface area contributed by atoms with Gasteiger partial charge in [-0.25, -0.2) is 14.4 Å². The van der Waals surface area contributed by atoms with Crippen LogP contribution in [0, 0.1) is 17.1 Å². The van der Waals surface area contributed by atoms with Crippen LogP contribution in [-0.2, 0) is 12.8 Å². The van der Waals surface area contributed by atoms with E-state index in [2.05, 4.69) is 20.6 Å². The molecule has 1 aliphatic rings. The number of thiophene rings is 1. The first kappa shape index (κ1) is 15.8. The molecule has 1 aliphatic carbocycles. The molecule has 2 heterocycles. The Kier molecular flexibility index (Phi) is 4.20. The number of rotatable bonds is 5. The van der Waals surface area contributed by atoms with Crippen LogP contribution < -0.4 is 10.6 Å². The maximum Gasteiger partial charge on any atom is 0.143 e. The highest BCUT2D eigenvalue weighted by atomic mass is 32.1. The summed E-state index contributed by atoms with van der Waals surface area (Å²) in [7, 11) is 0. The van der Waals surface area contributed by atoms with Gasteiger partial charge in [-0.2, -0.15) is 5.26 Å². The Morgan fingerprint density at radius 1 is 1.20 bits per heavy atom. The molecule has 2 aromatic heterocycles. The first-order valence-electron chi connectivity index (χ1n) is 8.19. The van der Waals surface area contributed by atoms with E-state index < -0.39 is 5.82 Å². The van der Waals surface area contributed by atoms with Crippen LogP contribution in [-0.4, -0.2) is 23.1 Å². The number of aryl methyl sites for hydroxylation is 2. The third-order valence-electron chi connectivity index (χ3n) is 4.36. The number of hydrogen-bond acceptors (Lipinski definition) is 6. The molecule has 0 unspecified atom stereocenters. The lowest BCUT2D eigenvalue weighted by molar-refractivity contribution is 0.624. The molecule has 0 atom stereocenters. The summed E-state index contributed by atoms with van der Waals surface area (Å²) in [4.78, 5) is 11.2. The molecule has 2 N–H and O–H groups in total. The summed E-state index contributed by atoms with van der Waals surface area (Å²) >= 11 is 1.76. The van der Waals surface area contributed by atoms with Gasteiger partial charge in [0.1, 0.15) is 34.4 Å². The van der Waals surface area contributed by atoms with Gasteiger partial charge in [-0.3, -0.25) is 0 Å². The van der Waals surface area contributed by atoms with E-state index >= 15 is 0 Å². The van der Waals surface area contributed by atoms with E-state index in [0.717, 1.165) is 28.9 Å². The van der Waals surface area contributed by atoms with Gasteiger partial charge in [-0.1, -0.05) is 6.07 Å². The molecule has 126 valence electrons. The fourth-order valence-corrected chi connectivity index (χ4v) is 4.45. The van der Waals surface area contributed by atoms with Gasteiger partial charge in [0, 0.05) is 18.0 Å². The van der Waals surface area contributed by atoms with Crippen LogP contribution in [0.5, 0.6) is 0 Å². The first-order valence-corrected chi connectivity index (χ1v) is 9.01. The number of halogens is 1. The molecule has 3 aromatic rings. The Labute approximate surface area is 148 Å². The van der Waals surface area contributed by atoms with Crippen LogP contribution in [0.1, 0.15) is 22.4 Å². The zero-order valence-corrected chi connectivity index (χ0v) is 14.3. The van der Waals surface area contributed by atoms with Crippen molar-refractivity contribution in [1.82, 2.24) is 9.97 Å². The summed E-state index contributed by atoms with van der Waals surface area (Å²) < 4.78 is 13.6. The normalized spacial score (nSPS) is 12.8. The second-order valence-corrected chi connectivity index (χ2v) is 6.97. The maximum absolute atomic E-state index is 13.6. The lowest BCUT2D eigenvalue weighted by Gasteiger charge is -2.11. The predicted molar refractivity (Wildman–Crippen MR) is 97.5 cm³/mol. The summed E-state index contributed by atoms with van der Waals surface area (Å²) in [5.41, 5.74) is 1.93. The van der Waals surface area contributed by atoms with E-state index in [9.17, 15) is 4.39 Å². The third kappa shape index (κ3) is 2.89. The van der Waals surface area contributed by atoms with Gasteiger partial charge in [-0.15, -0.1) is 11.3 Å². The van der Waals surface area contributed by atoms with Gasteiger partial charge in [-0.05, 0) is 37.0 Å². The molecule has 0 radical (unpaired) electrons. The number of nitriles is 1. The van der Waals surface area contributed by atoms with Crippen LogP contribution in [0.3, 0.4) is 0 Å². The minimum atomic E-state index is -0.508. The van der Waals surface area contributed by atoms with Crippen LogP contribution in [0.2, 0.25) is 0 Å². The van der Waals surface area contributed by atoms with E-state index in [1.54, 1.807) is 29.8 Å². The summed E-state index contributed by atoms with van der Waals surface area (Å²) in [5, 5.41) is 16.6. The minimum Gasteiger partial charge on any atom is -0.382 e. The van der Waals surface area contributed by atoms with Gasteiger partial charge in [0.2, 0.25) is 0 Å². The predicted octanol–water partition coefficient (Wildman–Crippen LogP) is 3.71. The molecule has 25 heavy (non-hydrogen) atoms. The molecule has 0 bridgehead atoms. The highest BCUT2D eigenvalue weighted by molar-refractivity contribution is 7.19. The summed E-state index contributed by atoms with van der Waals surface area (Å²) in [6.45, 7) is 1.16. The molecule has 0 saturated heterocycles. The second-order valence-electron chi connectivity index (χ2n) is 5.89. The van der Waals surface area contributed by atoms with Crippen molar-refractivity contribution in [2.24, 2.45) is 0 Å². The first-order chi connectivity index (χ1) is 12.3. The molecular weight excluding hydrogens is 337 g/mol. The largest absolute Gasteiger partial charge is 0.382 e. The van der Waals surface area contributed by atoms with E-state index in [0.29, 0.717) is 18.8 Å². The van der Waals surface area contributed by atoms with Crippen molar-refractivity contribution in [1.29, 1.82) is 5.26 Å². The molecule has 5 nitrogen and oxygen atoms in total. The maximum atomic E-state index is 13.6. The standard InChI is InChI=1S/C18H16FN5S/c19-13-4-2-5-14(12(13)9-20)21-7-8-22-17-16-11-3-1-6-15(11)25-18(16)24-10-23-17/h2,4-5,10,21H,1,3,6-8H2,(H,22,23,24). The Balaban J connectivity index is 1.46. The average Bonchev–Trinajstić information content (AvgIpc) is 3.19. The van der Waals surface area contributed by atoms with Crippen molar-refractivity contribution in [3.8, 4) is 6.07 Å². The van der Waals surface area contributed by atoms with E-state index in [1.165, 1.54) is 22.9 Å². The van der Waals surface area contributed by atoms with Gasteiger partial charge in [0.05, 0.1) is 11.1 Å². The Bertz CT molecular complexity index is 975. The van der Waals surface area contributed by atoms with Crippen molar-refractivity contribution in [2.45, 2.75) is 19.3 Å². The molecule has 0 aliphatic heterocycles. The quantitative estimate of drug-likeness (QED) is 0.684. The summed E-state index contributed by atoms with van der Waals surface area (Å²) in [6, 6.07) is 6.48. The zero-order valence-electron chi connectivity index (χ0n) is 13.5. The Morgan fingerprint density at radius 2 is 2.08 bits per heavy atom. The summed E-state index contributed by atoms with van der Waals surface area (Å²) in [5.74, 6) is 0.345. The van der Waals surface area contributed by atoms with Crippen LogP contribution in [0.15, 0.2) is 24.5 Å². The SMILES string of the molecule is N#Cc1c(F)cccc1NCCNc1ncnc2sc3c(c12)CCC3.